The molecule has 0 radical (unpaired) electrons. The summed E-state index contributed by atoms with van der Waals surface area (Å²) in [6, 6.07) is 6.77. The Kier molecular flexibility index (Phi) is 7.29. The highest BCUT2D eigenvalue weighted by atomic mass is 19.4. The molecule has 1 aliphatic rings. The number of benzene rings is 1. The van der Waals surface area contributed by atoms with Crippen LogP contribution in [0.5, 0.6) is 0 Å². The zero-order valence-electron chi connectivity index (χ0n) is 14.6. The maximum Gasteiger partial charge on any atom is 0.411 e. The first-order valence-corrected chi connectivity index (χ1v) is 8.93. The Bertz CT molecular complexity index is 543. The number of alkyl halides is 3. The van der Waals surface area contributed by atoms with E-state index in [0.29, 0.717) is 17.0 Å². The Balaban J connectivity index is 1.83. The number of unbranched alkanes of at least 4 members (excludes halogenated alkanes) is 1. The van der Waals surface area contributed by atoms with Gasteiger partial charge in [0, 0.05) is 11.6 Å². The molecule has 1 aliphatic carbocycles. The van der Waals surface area contributed by atoms with Crippen LogP contribution in [0.25, 0.3) is 0 Å². The van der Waals surface area contributed by atoms with Gasteiger partial charge >= 0.3 is 6.18 Å². The number of ether oxygens (including phenoxy) is 1. The van der Waals surface area contributed by atoms with Crippen molar-refractivity contribution in [2.75, 3.05) is 6.61 Å². The Hall–Kier alpha value is -1.56. The SMILES string of the molecule is CCCCC1CCCC1NC(=O)c1ccc(COCC(F)(F)F)cc1. The summed E-state index contributed by atoms with van der Waals surface area (Å²) in [7, 11) is 0. The van der Waals surface area contributed by atoms with Crippen LogP contribution in [0.1, 0.15) is 61.4 Å². The molecule has 0 heterocycles. The van der Waals surface area contributed by atoms with Crippen molar-refractivity contribution >= 4 is 5.91 Å². The van der Waals surface area contributed by atoms with E-state index in [-0.39, 0.29) is 18.6 Å². The molecule has 1 aromatic rings. The van der Waals surface area contributed by atoms with Crippen molar-refractivity contribution in [3.63, 3.8) is 0 Å². The highest BCUT2D eigenvalue weighted by Crippen LogP contribution is 2.30. The molecule has 0 aromatic heterocycles. The summed E-state index contributed by atoms with van der Waals surface area (Å²) >= 11 is 0. The van der Waals surface area contributed by atoms with Crippen LogP contribution < -0.4 is 5.32 Å². The van der Waals surface area contributed by atoms with Crippen molar-refractivity contribution in [1.29, 1.82) is 0 Å². The zero-order chi connectivity index (χ0) is 18.3. The molecular formula is C19H26F3NO2. The van der Waals surface area contributed by atoms with Crippen LogP contribution in [0.4, 0.5) is 13.2 Å². The van der Waals surface area contributed by atoms with Crippen LogP contribution in [0, 0.1) is 5.92 Å². The number of carbonyl (C=O) groups is 1. The number of amides is 1. The molecule has 2 unspecified atom stereocenters. The molecule has 1 fully saturated rings. The second kappa shape index (κ2) is 9.22. The second-order valence-electron chi connectivity index (χ2n) is 6.72. The predicted octanol–water partition coefficient (Wildman–Crippen LogP) is 4.85. The topological polar surface area (TPSA) is 38.3 Å². The minimum Gasteiger partial charge on any atom is -0.367 e. The number of nitrogens with one attached hydrogen (secondary N) is 1. The number of halogens is 3. The first-order valence-electron chi connectivity index (χ1n) is 8.93. The Morgan fingerprint density at radius 1 is 1.24 bits per heavy atom. The monoisotopic (exact) mass is 357 g/mol. The van der Waals surface area contributed by atoms with E-state index < -0.39 is 12.8 Å². The van der Waals surface area contributed by atoms with E-state index in [0.717, 1.165) is 25.7 Å². The van der Waals surface area contributed by atoms with Gasteiger partial charge in [0.25, 0.3) is 5.91 Å². The van der Waals surface area contributed by atoms with Crippen LogP contribution in [-0.4, -0.2) is 24.7 Å². The highest BCUT2D eigenvalue weighted by Gasteiger charge is 2.28. The van der Waals surface area contributed by atoms with Gasteiger partial charge in [-0.15, -0.1) is 0 Å². The standard InChI is InChI=1S/C19H26F3NO2/c1-2-3-5-15-6-4-7-17(15)23-18(24)16-10-8-14(9-11-16)12-25-13-19(20,21)22/h8-11,15,17H,2-7,12-13H2,1H3,(H,23,24). The van der Waals surface area contributed by atoms with Gasteiger partial charge in [0.15, 0.2) is 0 Å². The third-order valence-electron chi connectivity index (χ3n) is 4.65. The minimum absolute atomic E-state index is 0.115. The zero-order valence-corrected chi connectivity index (χ0v) is 14.6. The average molecular weight is 357 g/mol. The van der Waals surface area contributed by atoms with Gasteiger partial charge in [0.2, 0.25) is 0 Å². The lowest BCUT2D eigenvalue weighted by Crippen LogP contribution is -2.37. The van der Waals surface area contributed by atoms with Crippen molar-refractivity contribution in [2.24, 2.45) is 5.92 Å². The summed E-state index contributed by atoms with van der Waals surface area (Å²) in [6.07, 6.45) is 2.50. The smallest absolute Gasteiger partial charge is 0.367 e. The summed E-state index contributed by atoms with van der Waals surface area (Å²) < 4.78 is 40.8. The molecule has 0 spiro atoms. The molecular weight excluding hydrogens is 331 g/mol. The van der Waals surface area contributed by atoms with Gasteiger partial charge in [0.05, 0.1) is 6.61 Å². The molecule has 6 heteroatoms. The van der Waals surface area contributed by atoms with Crippen molar-refractivity contribution in [3.05, 3.63) is 35.4 Å². The third-order valence-corrected chi connectivity index (χ3v) is 4.65. The quantitative estimate of drug-likeness (QED) is 0.722. The lowest BCUT2D eigenvalue weighted by molar-refractivity contribution is -0.176. The van der Waals surface area contributed by atoms with Gasteiger partial charge in [-0.25, -0.2) is 0 Å². The van der Waals surface area contributed by atoms with E-state index in [2.05, 4.69) is 17.0 Å². The molecule has 1 aromatic carbocycles. The van der Waals surface area contributed by atoms with E-state index in [1.165, 1.54) is 12.8 Å². The molecule has 25 heavy (non-hydrogen) atoms. The number of hydrogen-bond acceptors (Lipinski definition) is 2. The molecule has 1 saturated carbocycles. The average Bonchev–Trinajstić information content (AvgIpc) is 2.99. The number of hydrogen-bond donors (Lipinski definition) is 1. The van der Waals surface area contributed by atoms with Crippen molar-refractivity contribution < 1.29 is 22.7 Å². The van der Waals surface area contributed by atoms with E-state index >= 15 is 0 Å². The molecule has 2 atom stereocenters. The maximum atomic E-state index is 12.4. The van der Waals surface area contributed by atoms with Gasteiger partial charge in [-0.3, -0.25) is 4.79 Å². The Morgan fingerprint density at radius 3 is 2.60 bits per heavy atom. The molecule has 0 bridgehead atoms. The van der Waals surface area contributed by atoms with Crippen LogP contribution >= 0.6 is 0 Å². The maximum absolute atomic E-state index is 12.4. The van der Waals surface area contributed by atoms with Crippen LogP contribution in [0.3, 0.4) is 0 Å². The lowest BCUT2D eigenvalue weighted by atomic mass is 9.96. The van der Waals surface area contributed by atoms with Crippen LogP contribution in [0.15, 0.2) is 24.3 Å². The second-order valence-corrected chi connectivity index (χ2v) is 6.72. The Labute approximate surface area is 146 Å². The van der Waals surface area contributed by atoms with Gasteiger partial charge in [0.1, 0.15) is 6.61 Å². The van der Waals surface area contributed by atoms with Crippen molar-refractivity contribution in [3.8, 4) is 0 Å². The van der Waals surface area contributed by atoms with Gasteiger partial charge in [-0.05, 0) is 42.9 Å². The number of carbonyl (C=O) groups excluding carboxylic acids is 1. The van der Waals surface area contributed by atoms with E-state index in [4.69, 9.17) is 0 Å². The first kappa shape index (κ1) is 19.8. The molecule has 1 amide bonds. The molecule has 2 rings (SSSR count). The molecule has 0 aliphatic heterocycles. The fraction of sp³-hybridized carbons (Fsp3) is 0.632. The third kappa shape index (κ3) is 6.69. The lowest BCUT2D eigenvalue weighted by Gasteiger charge is -2.21. The minimum atomic E-state index is -4.32. The van der Waals surface area contributed by atoms with Gasteiger partial charge in [-0.1, -0.05) is 38.3 Å². The number of rotatable bonds is 8. The molecule has 3 nitrogen and oxygen atoms in total. The summed E-state index contributed by atoms with van der Waals surface area (Å²) in [5.74, 6) is 0.440. The highest BCUT2D eigenvalue weighted by molar-refractivity contribution is 5.94. The summed E-state index contributed by atoms with van der Waals surface area (Å²) in [5, 5.41) is 3.12. The van der Waals surface area contributed by atoms with Crippen LogP contribution in [0.2, 0.25) is 0 Å². The molecule has 1 N–H and O–H groups in total. The van der Waals surface area contributed by atoms with Gasteiger partial charge in [-0.2, -0.15) is 13.2 Å². The summed E-state index contributed by atoms with van der Waals surface area (Å²) in [5.41, 5.74) is 1.14. The first-order chi connectivity index (χ1) is 11.9. The fourth-order valence-corrected chi connectivity index (χ4v) is 3.33. The largest absolute Gasteiger partial charge is 0.411 e. The molecule has 140 valence electrons. The van der Waals surface area contributed by atoms with E-state index in [9.17, 15) is 18.0 Å². The normalized spacial score (nSPS) is 20.6. The van der Waals surface area contributed by atoms with E-state index in [1.807, 2.05) is 0 Å². The van der Waals surface area contributed by atoms with Crippen molar-refractivity contribution in [2.45, 2.75) is 64.3 Å². The van der Waals surface area contributed by atoms with E-state index in [1.54, 1.807) is 24.3 Å². The summed E-state index contributed by atoms with van der Waals surface area (Å²) in [4.78, 5) is 12.4. The van der Waals surface area contributed by atoms with Crippen molar-refractivity contribution in [1.82, 2.24) is 5.32 Å². The van der Waals surface area contributed by atoms with Gasteiger partial charge < -0.3 is 10.1 Å². The molecule has 0 saturated heterocycles. The fourth-order valence-electron chi connectivity index (χ4n) is 3.33. The Morgan fingerprint density at radius 2 is 1.96 bits per heavy atom. The predicted molar refractivity (Wildman–Crippen MR) is 90.3 cm³/mol. The van der Waals surface area contributed by atoms with Crippen LogP contribution in [-0.2, 0) is 11.3 Å². The summed E-state index contributed by atoms with van der Waals surface area (Å²) in [6.45, 7) is 0.779.